The van der Waals surface area contributed by atoms with Crippen molar-refractivity contribution in [2.75, 3.05) is 26.7 Å². The molecule has 3 rings (SSSR count). The fourth-order valence-corrected chi connectivity index (χ4v) is 3.66. The predicted octanol–water partition coefficient (Wildman–Crippen LogP) is 2.77. The highest BCUT2D eigenvalue weighted by Crippen LogP contribution is 2.30. The summed E-state index contributed by atoms with van der Waals surface area (Å²) in [6, 6.07) is 18.3. The van der Waals surface area contributed by atoms with Crippen LogP contribution >= 0.6 is 0 Å². The second kappa shape index (κ2) is 8.47. The number of likely N-dealkylation sites (tertiary alicyclic amines) is 1. The van der Waals surface area contributed by atoms with Crippen molar-refractivity contribution < 1.29 is 9.90 Å². The molecule has 1 heterocycles. The summed E-state index contributed by atoms with van der Waals surface area (Å²) in [7, 11) is 2.15. The van der Waals surface area contributed by atoms with E-state index in [9.17, 15) is 9.90 Å². The average molecular weight is 352 g/mol. The van der Waals surface area contributed by atoms with Crippen LogP contribution in [0.2, 0.25) is 0 Å². The molecule has 0 aliphatic carbocycles. The summed E-state index contributed by atoms with van der Waals surface area (Å²) in [5.41, 5.74) is -0.499. The summed E-state index contributed by atoms with van der Waals surface area (Å²) in [6.45, 7) is 2.84. The summed E-state index contributed by atoms with van der Waals surface area (Å²) >= 11 is 0. The number of nitrogens with one attached hydrogen (secondary N) is 1. The third-order valence-corrected chi connectivity index (χ3v) is 5.39. The van der Waals surface area contributed by atoms with Crippen LogP contribution in [-0.2, 0) is 10.4 Å². The number of aliphatic hydroxyl groups is 1. The van der Waals surface area contributed by atoms with Crippen molar-refractivity contribution >= 4 is 5.91 Å². The summed E-state index contributed by atoms with van der Waals surface area (Å²) < 4.78 is 0. The van der Waals surface area contributed by atoms with E-state index in [0.717, 1.165) is 19.5 Å². The molecular weight excluding hydrogens is 324 g/mol. The molecule has 26 heavy (non-hydrogen) atoms. The molecule has 4 nitrogen and oxygen atoms in total. The van der Waals surface area contributed by atoms with Crippen LogP contribution in [0.5, 0.6) is 0 Å². The summed E-state index contributed by atoms with van der Waals surface area (Å²) in [4.78, 5) is 15.3. The van der Waals surface area contributed by atoms with Crippen molar-refractivity contribution in [2.24, 2.45) is 5.92 Å². The number of rotatable bonds is 6. The van der Waals surface area contributed by atoms with Gasteiger partial charge in [-0.05, 0) is 56.4 Å². The van der Waals surface area contributed by atoms with Gasteiger partial charge in [0.1, 0.15) is 0 Å². The molecule has 0 saturated carbocycles. The Morgan fingerprint density at radius 2 is 1.54 bits per heavy atom. The lowest BCUT2D eigenvalue weighted by Crippen LogP contribution is -2.46. The van der Waals surface area contributed by atoms with Gasteiger partial charge in [0.25, 0.3) is 5.91 Å². The molecule has 2 aromatic carbocycles. The van der Waals surface area contributed by atoms with E-state index in [4.69, 9.17) is 0 Å². The fourth-order valence-electron chi connectivity index (χ4n) is 3.66. The molecule has 0 bridgehead atoms. The molecule has 1 aliphatic rings. The Morgan fingerprint density at radius 3 is 2.04 bits per heavy atom. The number of hydrogen-bond acceptors (Lipinski definition) is 3. The van der Waals surface area contributed by atoms with Gasteiger partial charge in [-0.3, -0.25) is 4.79 Å². The smallest absolute Gasteiger partial charge is 0.261 e. The molecule has 1 fully saturated rings. The number of piperidine rings is 1. The number of nitrogens with zero attached hydrogens (tertiary/aromatic N) is 1. The van der Waals surface area contributed by atoms with Gasteiger partial charge in [-0.15, -0.1) is 0 Å². The van der Waals surface area contributed by atoms with Crippen molar-refractivity contribution in [1.29, 1.82) is 0 Å². The van der Waals surface area contributed by atoms with E-state index in [-0.39, 0.29) is 5.91 Å². The highest BCUT2D eigenvalue weighted by molar-refractivity contribution is 5.90. The summed E-state index contributed by atoms with van der Waals surface area (Å²) in [5.74, 6) is 0.288. The highest BCUT2D eigenvalue weighted by atomic mass is 16.3. The van der Waals surface area contributed by atoms with Gasteiger partial charge in [0, 0.05) is 6.54 Å². The molecule has 0 atom stereocenters. The molecule has 1 aliphatic heterocycles. The van der Waals surface area contributed by atoms with Gasteiger partial charge in [0.15, 0.2) is 5.60 Å². The van der Waals surface area contributed by atoms with E-state index in [1.54, 1.807) is 24.3 Å². The third kappa shape index (κ3) is 4.14. The number of carbonyl (C=O) groups is 1. The lowest BCUT2D eigenvalue weighted by molar-refractivity contribution is -0.136. The quantitative estimate of drug-likeness (QED) is 0.841. The maximum Gasteiger partial charge on any atom is 0.261 e. The van der Waals surface area contributed by atoms with Gasteiger partial charge < -0.3 is 15.3 Å². The number of hydrogen-bond donors (Lipinski definition) is 2. The van der Waals surface area contributed by atoms with Crippen molar-refractivity contribution in [3.63, 3.8) is 0 Å². The van der Waals surface area contributed by atoms with Gasteiger partial charge in [-0.25, -0.2) is 0 Å². The molecule has 0 radical (unpaired) electrons. The van der Waals surface area contributed by atoms with Crippen molar-refractivity contribution in [2.45, 2.75) is 24.9 Å². The van der Waals surface area contributed by atoms with E-state index >= 15 is 0 Å². The average Bonchev–Trinajstić information content (AvgIpc) is 2.70. The topological polar surface area (TPSA) is 52.6 Å². The number of carbonyl (C=O) groups excluding carboxylic acids is 1. The summed E-state index contributed by atoms with van der Waals surface area (Å²) in [5, 5.41) is 14.4. The van der Waals surface area contributed by atoms with Crippen LogP contribution in [0.1, 0.15) is 30.4 Å². The molecule has 1 saturated heterocycles. The van der Waals surface area contributed by atoms with Gasteiger partial charge in [-0.2, -0.15) is 0 Å². The Kier molecular flexibility index (Phi) is 6.07. The van der Waals surface area contributed by atoms with E-state index in [1.807, 2.05) is 36.4 Å². The maximum absolute atomic E-state index is 13.0. The van der Waals surface area contributed by atoms with E-state index in [0.29, 0.717) is 23.6 Å². The highest BCUT2D eigenvalue weighted by Gasteiger charge is 2.39. The SMILES string of the molecule is CN1CCC(CCNC(=O)C(O)(c2ccccc2)c2ccccc2)CC1. The lowest BCUT2D eigenvalue weighted by Gasteiger charge is -2.30. The fraction of sp³-hybridized carbons (Fsp3) is 0.409. The van der Waals surface area contributed by atoms with Crippen LogP contribution in [-0.4, -0.2) is 42.6 Å². The lowest BCUT2D eigenvalue weighted by atomic mass is 9.85. The standard InChI is InChI=1S/C22H28N2O2/c1-24-16-13-18(14-17-24)12-15-23-21(25)22(26,19-8-4-2-5-9-19)20-10-6-3-7-11-20/h2-11,18,26H,12-17H2,1H3,(H,23,25). The van der Waals surface area contributed by atoms with Crippen LogP contribution in [0.25, 0.3) is 0 Å². The monoisotopic (exact) mass is 352 g/mol. The second-order valence-electron chi connectivity index (χ2n) is 7.23. The van der Waals surface area contributed by atoms with Crippen LogP contribution in [0, 0.1) is 5.92 Å². The molecule has 1 amide bonds. The molecule has 4 heteroatoms. The number of amides is 1. The normalized spacial score (nSPS) is 16.4. The number of benzene rings is 2. The van der Waals surface area contributed by atoms with Crippen molar-refractivity contribution in [1.82, 2.24) is 10.2 Å². The zero-order valence-corrected chi connectivity index (χ0v) is 15.4. The predicted molar refractivity (Wildman–Crippen MR) is 104 cm³/mol. The molecule has 2 aromatic rings. The maximum atomic E-state index is 13.0. The van der Waals surface area contributed by atoms with Gasteiger partial charge in [0.2, 0.25) is 0 Å². The van der Waals surface area contributed by atoms with Gasteiger partial charge in [-0.1, -0.05) is 60.7 Å². The van der Waals surface area contributed by atoms with Crippen LogP contribution in [0.15, 0.2) is 60.7 Å². The zero-order chi connectivity index (χ0) is 18.4. The zero-order valence-electron chi connectivity index (χ0n) is 15.4. The Labute approximate surface area is 155 Å². The first kappa shape index (κ1) is 18.6. The van der Waals surface area contributed by atoms with Crippen LogP contribution in [0.4, 0.5) is 0 Å². The van der Waals surface area contributed by atoms with Gasteiger partial charge in [0.05, 0.1) is 0 Å². The molecule has 138 valence electrons. The Balaban J connectivity index is 1.70. The molecule has 0 unspecified atom stereocenters. The Bertz CT molecular complexity index is 655. The Hall–Kier alpha value is -2.17. The third-order valence-electron chi connectivity index (χ3n) is 5.39. The molecular formula is C22H28N2O2. The van der Waals surface area contributed by atoms with Crippen LogP contribution < -0.4 is 5.32 Å². The minimum absolute atomic E-state index is 0.358. The van der Waals surface area contributed by atoms with E-state index in [2.05, 4.69) is 17.3 Å². The van der Waals surface area contributed by atoms with Crippen LogP contribution in [0.3, 0.4) is 0 Å². The molecule has 2 N–H and O–H groups in total. The first-order valence-corrected chi connectivity index (χ1v) is 9.41. The summed E-state index contributed by atoms with van der Waals surface area (Å²) in [6.07, 6.45) is 3.31. The molecule has 0 spiro atoms. The van der Waals surface area contributed by atoms with E-state index in [1.165, 1.54) is 12.8 Å². The van der Waals surface area contributed by atoms with E-state index < -0.39 is 5.60 Å². The van der Waals surface area contributed by atoms with Crippen molar-refractivity contribution in [3.8, 4) is 0 Å². The minimum Gasteiger partial charge on any atom is -0.372 e. The van der Waals surface area contributed by atoms with Gasteiger partial charge >= 0.3 is 0 Å². The first-order chi connectivity index (χ1) is 12.6. The van der Waals surface area contributed by atoms with Crippen molar-refractivity contribution in [3.05, 3.63) is 71.8 Å². The second-order valence-corrected chi connectivity index (χ2v) is 7.23. The Morgan fingerprint density at radius 1 is 1.04 bits per heavy atom. The minimum atomic E-state index is -1.67. The largest absolute Gasteiger partial charge is 0.372 e. The molecule has 0 aromatic heterocycles. The first-order valence-electron chi connectivity index (χ1n) is 9.41.